The van der Waals surface area contributed by atoms with Gasteiger partial charge in [-0.1, -0.05) is 18.2 Å². The number of hydrogen-bond acceptors (Lipinski definition) is 2. The molecule has 0 saturated carbocycles. The van der Waals surface area contributed by atoms with Crippen LogP contribution < -0.4 is 0 Å². The van der Waals surface area contributed by atoms with E-state index in [4.69, 9.17) is 0 Å². The third kappa shape index (κ3) is 2.63. The van der Waals surface area contributed by atoms with Crippen molar-refractivity contribution < 1.29 is 14.3 Å². The van der Waals surface area contributed by atoms with Gasteiger partial charge in [0.2, 0.25) is 0 Å². The molecule has 3 aromatic rings. The lowest BCUT2D eigenvalue weighted by molar-refractivity contribution is 0.104. The Morgan fingerprint density at radius 2 is 1.96 bits per heavy atom. The predicted octanol–water partition coefficient (Wildman–Crippen LogP) is 4.23. The summed E-state index contributed by atoms with van der Waals surface area (Å²) in [5.74, 6) is -0.485. The molecule has 3 nitrogen and oxygen atoms in total. The third-order valence-electron chi connectivity index (χ3n) is 4.04. The van der Waals surface area contributed by atoms with Crippen LogP contribution in [0.25, 0.3) is 17.0 Å². The van der Waals surface area contributed by atoms with Crippen LogP contribution in [0.4, 0.5) is 4.39 Å². The first-order valence-corrected chi connectivity index (χ1v) is 7.24. The van der Waals surface area contributed by atoms with Gasteiger partial charge in [-0.05, 0) is 43.3 Å². The predicted molar refractivity (Wildman–Crippen MR) is 89.1 cm³/mol. The van der Waals surface area contributed by atoms with E-state index in [0.717, 1.165) is 11.2 Å². The second kappa shape index (κ2) is 5.72. The van der Waals surface area contributed by atoms with Gasteiger partial charge in [-0.2, -0.15) is 0 Å². The lowest BCUT2D eigenvalue weighted by atomic mass is 10.0. The molecule has 3 rings (SSSR count). The molecule has 0 unspecified atom stereocenters. The van der Waals surface area contributed by atoms with Gasteiger partial charge in [0.05, 0.1) is 5.56 Å². The molecule has 0 bridgehead atoms. The number of nitrogens with zero attached hydrogens (tertiary/aromatic N) is 1. The molecular formula is C19H16FNO2. The monoisotopic (exact) mass is 309 g/mol. The van der Waals surface area contributed by atoms with Gasteiger partial charge in [0, 0.05) is 29.2 Å². The van der Waals surface area contributed by atoms with Crippen molar-refractivity contribution in [2.75, 3.05) is 0 Å². The fourth-order valence-corrected chi connectivity index (χ4v) is 2.73. The Bertz CT molecular complexity index is 938. The molecule has 0 spiro atoms. The molecule has 116 valence electrons. The molecule has 1 aromatic heterocycles. The molecule has 2 aromatic carbocycles. The van der Waals surface area contributed by atoms with Crippen LogP contribution in [0.15, 0.2) is 48.5 Å². The summed E-state index contributed by atoms with van der Waals surface area (Å²) >= 11 is 0. The summed E-state index contributed by atoms with van der Waals surface area (Å²) in [6.07, 6.45) is 2.84. The lowest BCUT2D eigenvalue weighted by Crippen LogP contribution is -1.98. The number of carbonyl (C=O) groups is 1. The Balaban J connectivity index is 2.06. The molecule has 4 heteroatoms. The minimum absolute atomic E-state index is 0.107. The summed E-state index contributed by atoms with van der Waals surface area (Å²) in [5, 5.41) is 10.4. The Labute approximate surface area is 133 Å². The molecule has 0 aliphatic heterocycles. The molecule has 0 atom stereocenters. The van der Waals surface area contributed by atoms with Gasteiger partial charge < -0.3 is 9.67 Å². The molecular weight excluding hydrogens is 293 g/mol. The van der Waals surface area contributed by atoms with E-state index in [0.29, 0.717) is 16.5 Å². The number of fused-ring (bicyclic) bond motifs is 1. The molecule has 0 saturated heterocycles. The van der Waals surface area contributed by atoms with Crippen LogP contribution in [0.1, 0.15) is 21.6 Å². The van der Waals surface area contributed by atoms with Crippen molar-refractivity contribution >= 4 is 22.8 Å². The maximum atomic E-state index is 13.6. The first-order chi connectivity index (χ1) is 11.0. The minimum Gasteiger partial charge on any atom is -0.508 e. The number of allylic oxidation sites excluding steroid dienone is 1. The zero-order chi connectivity index (χ0) is 16.6. The molecule has 23 heavy (non-hydrogen) atoms. The highest BCUT2D eigenvalue weighted by molar-refractivity contribution is 6.16. The zero-order valence-corrected chi connectivity index (χ0v) is 12.9. The Morgan fingerprint density at radius 3 is 2.70 bits per heavy atom. The van der Waals surface area contributed by atoms with Crippen LogP contribution in [0.5, 0.6) is 5.75 Å². The first-order valence-electron chi connectivity index (χ1n) is 7.24. The highest BCUT2D eigenvalue weighted by atomic mass is 19.1. The van der Waals surface area contributed by atoms with E-state index < -0.39 is 0 Å². The summed E-state index contributed by atoms with van der Waals surface area (Å²) in [7, 11) is 1.87. The summed E-state index contributed by atoms with van der Waals surface area (Å²) in [6, 6.07) is 11.2. The minimum atomic E-state index is -0.371. The Morgan fingerprint density at radius 1 is 1.22 bits per heavy atom. The number of rotatable bonds is 3. The van der Waals surface area contributed by atoms with Crippen LogP contribution in [0.3, 0.4) is 0 Å². The van der Waals surface area contributed by atoms with Crippen LogP contribution >= 0.6 is 0 Å². The highest BCUT2D eigenvalue weighted by Crippen LogP contribution is 2.29. The first kappa shape index (κ1) is 15.0. The fourth-order valence-electron chi connectivity index (χ4n) is 2.73. The van der Waals surface area contributed by atoms with E-state index in [1.165, 1.54) is 18.2 Å². The topological polar surface area (TPSA) is 42.2 Å². The van der Waals surface area contributed by atoms with Crippen molar-refractivity contribution in [2.24, 2.45) is 7.05 Å². The van der Waals surface area contributed by atoms with E-state index in [9.17, 15) is 14.3 Å². The molecule has 1 N–H and O–H groups in total. The standard InChI is InChI=1S/C19H16FNO2/c1-12-19(15-11-14(22)8-9-17(15)21(12)2)18(23)10-7-13-5-3-4-6-16(13)20/h3-11,22H,1-2H3/b10-7+. The van der Waals surface area contributed by atoms with E-state index in [1.54, 1.807) is 36.4 Å². The van der Waals surface area contributed by atoms with Gasteiger partial charge in [0.1, 0.15) is 11.6 Å². The second-order valence-electron chi connectivity index (χ2n) is 5.44. The molecule has 1 heterocycles. The quantitative estimate of drug-likeness (QED) is 0.581. The lowest BCUT2D eigenvalue weighted by Gasteiger charge is -1.99. The van der Waals surface area contributed by atoms with E-state index in [-0.39, 0.29) is 17.3 Å². The van der Waals surface area contributed by atoms with Gasteiger partial charge >= 0.3 is 0 Å². The second-order valence-corrected chi connectivity index (χ2v) is 5.44. The number of halogens is 1. The van der Waals surface area contributed by atoms with E-state index >= 15 is 0 Å². The SMILES string of the molecule is Cc1c(C(=O)/C=C/c2ccccc2F)c2cc(O)ccc2n1C. The largest absolute Gasteiger partial charge is 0.508 e. The number of benzene rings is 2. The van der Waals surface area contributed by atoms with E-state index in [2.05, 4.69) is 0 Å². The number of carbonyl (C=O) groups excluding carboxylic acids is 1. The third-order valence-corrected chi connectivity index (χ3v) is 4.04. The Hall–Kier alpha value is -2.88. The summed E-state index contributed by atoms with van der Waals surface area (Å²) in [5.41, 5.74) is 2.55. The van der Waals surface area contributed by atoms with Gasteiger partial charge in [-0.25, -0.2) is 4.39 Å². The van der Waals surface area contributed by atoms with Crippen LogP contribution in [0, 0.1) is 12.7 Å². The number of phenols is 1. The van der Waals surface area contributed by atoms with Crippen LogP contribution in [-0.4, -0.2) is 15.5 Å². The van der Waals surface area contributed by atoms with Crippen molar-refractivity contribution in [3.63, 3.8) is 0 Å². The van der Waals surface area contributed by atoms with Crippen molar-refractivity contribution in [1.82, 2.24) is 4.57 Å². The summed E-state index contributed by atoms with van der Waals surface area (Å²) in [6.45, 7) is 1.85. The molecule has 0 radical (unpaired) electrons. The average Bonchev–Trinajstić information content (AvgIpc) is 2.77. The summed E-state index contributed by atoms with van der Waals surface area (Å²) < 4.78 is 15.5. The van der Waals surface area contributed by atoms with Crippen molar-refractivity contribution in [2.45, 2.75) is 6.92 Å². The average molecular weight is 309 g/mol. The smallest absolute Gasteiger partial charge is 0.188 e. The van der Waals surface area contributed by atoms with Crippen LogP contribution in [-0.2, 0) is 7.05 Å². The number of phenolic OH excluding ortho intramolecular Hbond substituents is 1. The van der Waals surface area contributed by atoms with Gasteiger partial charge in [-0.3, -0.25) is 4.79 Å². The number of aromatic nitrogens is 1. The van der Waals surface area contributed by atoms with Crippen molar-refractivity contribution in [3.05, 3.63) is 71.2 Å². The molecule has 0 aliphatic rings. The number of ketones is 1. The van der Waals surface area contributed by atoms with Gasteiger partial charge in [-0.15, -0.1) is 0 Å². The maximum Gasteiger partial charge on any atom is 0.188 e. The van der Waals surface area contributed by atoms with Gasteiger partial charge in [0.15, 0.2) is 5.78 Å². The number of aryl methyl sites for hydroxylation is 1. The molecule has 0 fully saturated rings. The summed E-state index contributed by atoms with van der Waals surface area (Å²) in [4.78, 5) is 12.6. The van der Waals surface area contributed by atoms with E-state index in [1.807, 2.05) is 18.5 Å². The van der Waals surface area contributed by atoms with Gasteiger partial charge in [0.25, 0.3) is 0 Å². The number of aromatic hydroxyl groups is 1. The fraction of sp³-hybridized carbons (Fsp3) is 0.105. The molecule has 0 amide bonds. The molecule has 0 aliphatic carbocycles. The highest BCUT2D eigenvalue weighted by Gasteiger charge is 2.17. The Kier molecular flexibility index (Phi) is 3.74. The van der Waals surface area contributed by atoms with Crippen molar-refractivity contribution in [3.8, 4) is 5.75 Å². The maximum absolute atomic E-state index is 13.6. The van der Waals surface area contributed by atoms with Crippen LogP contribution in [0.2, 0.25) is 0 Å². The zero-order valence-electron chi connectivity index (χ0n) is 12.9. The normalized spacial score (nSPS) is 11.4. The number of hydrogen-bond donors (Lipinski definition) is 1. The van der Waals surface area contributed by atoms with Crippen molar-refractivity contribution in [1.29, 1.82) is 0 Å².